The molecule has 0 aromatic carbocycles. The molecular formula is C12H24N2O. The van der Waals surface area contributed by atoms with Crippen LogP contribution in [0.15, 0.2) is 0 Å². The molecule has 1 unspecified atom stereocenters. The van der Waals surface area contributed by atoms with Gasteiger partial charge >= 0.3 is 0 Å². The number of rotatable bonds is 8. The van der Waals surface area contributed by atoms with E-state index in [-0.39, 0.29) is 6.04 Å². The van der Waals surface area contributed by atoms with Crippen LogP contribution in [0, 0.1) is 17.2 Å². The average molecular weight is 212 g/mol. The molecule has 1 N–H and O–H groups in total. The zero-order chi connectivity index (χ0) is 11.7. The minimum absolute atomic E-state index is 0.177. The van der Waals surface area contributed by atoms with Crippen LogP contribution >= 0.6 is 0 Å². The molecule has 3 heteroatoms. The lowest BCUT2D eigenvalue weighted by Crippen LogP contribution is -2.37. The van der Waals surface area contributed by atoms with Gasteiger partial charge in [0, 0.05) is 12.6 Å². The van der Waals surface area contributed by atoms with Crippen molar-refractivity contribution in [2.75, 3.05) is 13.2 Å². The van der Waals surface area contributed by atoms with E-state index in [1.807, 2.05) is 13.8 Å². The van der Waals surface area contributed by atoms with E-state index in [1.54, 1.807) is 0 Å². The number of hydrogen-bond acceptors (Lipinski definition) is 3. The van der Waals surface area contributed by atoms with Gasteiger partial charge < -0.3 is 4.74 Å². The Kier molecular flexibility index (Phi) is 8.35. The minimum Gasteiger partial charge on any atom is -0.379 e. The van der Waals surface area contributed by atoms with Crippen molar-refractivity contribution in [3.8, 4) is 6.07 Å². The van der Waals surface area contributed by atoms with Gasteiger partial charge in [-0.15, -0.1) is 0 Å². The predicted molar refractivity (Wildman–Crippen MR) is 62.6 cm³/mol. The summed E-state index contributed by atoms with van der Waals surface area (Å²) in [6, 6.07) is 2.35. The Hall–Kier alpha value is -0.590. The molecule has 0 aliphatic heterocycles. The zero-order valence-corrected chi connectivity index (χ0v) is 10.4. The lowest BCUT2D eigenvalue weighted by molar-refractivity contribution is 0.115. The molecule has 0 aromatic heterocycles. The van der Waals surface area contributed by atoms with Gasteiger partial charge in [0.25, 0.3) is 0 Å². The fourth-order valence-corrected chi connectivity index (χ4v) is 1.32. The molecule has 0 heterocycles. The van der Waals surface area contributed by atoms with Gasteiger partial charge in [0.15, 0.2) is 0 Å². The summed E-state index contributed by atoms with van der Waals surface area (Å²) in [5.41, 5.74) is 0. The summed E-state index contributed by atoms with van der Waals surface area (Å²) < 4.78 is 5.45. The fourth-order valence-electron chi connectivity index (χ4n) is 1.32. The molecule has 15 heavy (non-hydrogen) atoms. The van der Waals surface area contributed by atoms with Crippen LogP contribution in [0.1, 0.15) is 40.5 Å². The Labute approximate surface area is 93.8 Å². The SMILES string of the molecule is CC(C)CCCOCC(C#N)NC(C)C. The van der Waals surface area contributed by atoms with Crippen molar-refractivity contribution in [1.29, 1.82) is 5.26 Å². The van der Waals surface area contributed by atoms with E-state index in [4.69, 9.17) is 10.00 Å². The molecular weight excluding hydrogens is 188 g/mol. The summed E-state index contributed by atoms with van der Waals surface area (Å²) in [7, 11) is 0. The highest BCUT2D eigenvalue weighted by Crippen LogP contribution is 2.03. The first-order chi connectivity index (χ1) is 7.06. The topological polar surface area (TPSA) is 45.0 Å². The Bertz CT molecular complexity index is 185. The van der Waals surface area contributed by atoms with E-state index in [1.165, 1.54) is 6.42 Å². The van der Waals surface area contributed by atoms with Crippen LogP contribution in [-0.4, -0.2) is 25.3 Å². The smallest absolute Gasteiger partial charge is 0.119 e. The van der Waals surface area contributed by atoms with E-state index >= 15 is 0 Å². The Morgan fingerprint density at radius 2 is 1.93 bits per heavy atom. The van der Waals surface area contributed by atoms with E-state index in [2.05, 4.69) is 25.2 Å². The quantitative estimate of drug-likeness (QED) is 0.628. The molecule has 0 saturated heterocycles. The molecule has 0 aliphatic rings. The average Bonchev–Trinajstić information content (AvgIpc) is 2.14. The van der Waals surface area contributed by atoms with Gasteiger partial charge in [0.1, 0.15) is 6.04 Å². The summed E-state index contributed by atoms with van der Waals surface area (Å²) in [4.78, 5) is 0. The molecule has 0 fully saturated rings. The van der Waals surface area contributed by atoms with E-state index in [0.29, 0.717) is 12.6 Å². The molecule has 0 rings (SSSR count). The Morgan fingerprint density at radius 3 is 2.40 bits per heavy atom. The van der Waals surface area contributed by atoms with Crippen LogP contribution in [-0.2, 0) is 4.74 Å². The molecule has 88 valence electrons. The number of ether oxygens (including phenoxy) is 1. The molecule has 3 nitrogen and oxygen atoms in total. The molecule has 0 spiro atoms. The number of hydrogen-bond donors (Lipinski definition) is 1. The summed E-state index contributed by atoms with van der Waals surface area (Å²) in [6.07, 6.45) is 2.27. The molecule has 1 atom stereocenters. The van der Waals surface area contributed by atoms with Crippen molar-refractivity contribution >= 4 is 0 Å². The fraction of sp³-hybridized carbons (Fsp3) is 0.917. The van der Waals surface area contributed by atoms with Crippen LogP contribution in [0.4, 0.5) is 0 Å². The van der Waals surface area contributed by atoms with Crippen LogP contribution in [0.3, 0.4) is 0 Å². The second kappa shape index (κ2) is 8.70. The lowest BCUT2D eigenvalue weighted by atomic mass is 10.1. The van der Waals surface area contributed by atoms with E-state index in [9.17, 15) is 0 Å². The molecule has 0 amide bonds. The van der Waals surface area contributed by atoms with Crippen molar-refractivity contribution in [3.63, 3.8) is 0 Å². The number of nitrogens with one attached hydrogen (secondary N) is 1. The molecule has 0 radical (unpaired) electrons. The van der Waals surface area contributed by atoms with Gasteiger partial charge in [-0.25, -0.2) is 0 Å². The zero-order valence-electron chi connectivity index (χ0n) is 10.4. The third-order valence-electron chi connectivity index (χ3n) is 2.05. The van der Waals surface area contributed by atoms with Crippen LogP contribution in [0.5, 0.6) is 0 Å². The summed E-state index contributed by atoms with van der Waals surface area (Å²) >= 11 is 0. The van der Waals surface area contributed by atoms with Gasteiger partial charge in [0.2, 0.25) is 0 Å². The lowest BCUT2D eigenvalue weighted by Gasteiger charge is -2.14. The largest absolute Gasteiger partial charge is 0.379 e. The number of nitriles is 1. The minimum atomic E-state index is -0.177. The molecule has 0 bridgehead atoms. The Balaban J connectivity index is 3.44. The Morgan fingerprint density at radius 1 is 1.27 bits per heavy atom. The second-order valence-electron chi connectivity index (χ2n) is 4.61. The van der Waals surface area contributed by atoms with Crippen molar-refractivity contribution in [3.05, 3.63) is 0 Å². The van der Waals surface area contributed by atoms with Gasteiger partial charge in [-0.1, -0.05) is 13.8 Å². The summed E-state index contributed by atoms with van der Waals surface area (Å²) in [5.74, 6) is 0.731. The summed E-state index contributed by atoms with van der Waals surface area (Å²) in [5, 5.41) is 12.0. The van der Waals surface area contributed by atoms with Gasteiger partial charge in [-0.3, -0.25) is 5.32 Å². The highest BCUT2D eigenvalue weighted by atomic mass is 16.5. The third-order valence-corrected chi connectivity index (χ3v) is 2.05. The maximum absolute atomic E-state index is 8.83. The maximum Gasteiger partial charge on any atom is 0.119 e. The van der Waals surface area contributed by atoms with Crippen molar-refractivity contribution in [2.24, 2.45) is 5.92 Å². The van der Waals surface area contributed by atoms with Crippen molar-refractivity contribution in [1.82, 2.24) is 5.32 Å². The normalized spacial score (nSPS) is 13.1. The standard InChI is InChI=1S/C12H24N2O/c1-10(2)6-5-7-15-9-12(8-13)14-11(3)4/h10-12,14H,5-7,9H2,1-4H3. The van der Waals surface area contributed by atoms with Gasteiger partial charge in [-0.2, -0.15) is 5.26 Å². The van der Waals surface area contributed by atoms with E-state index < -0.39 is 0 Å². The first-order valence-electron chi connectivity index (χ1n) is 5.79. The predicted octanol–water partition coefficient (Wildman–Crippen LogP) is 2.33. The van der Waals surface area contributed by atoms with E-state index in [0.717, 1.165) is 18.9 Å². The molecule has 0 aromatic rings. The maximum atomic E-state index is 8.83. The third kappa shape index (κ3) is 9.71. The highest BCUT2D eigenvalue weighted by molar-refractivity contribution is 4.90. The van der Waals surface area contributed by atoms with Crippen LogP contribution in [0.2, 0.25) is 0 Å². The first-order valence-corrected chi connectivity index (χ1v) is 5.79. The van der Waals surface area contributed by atoms with Crippen molar-refractivity contribution < 1.29 is 4.74 Å². The number of nitrogens with zero attached hydrogens (tertiary/aromatic N) is 1. The highest BCUT2D eigenvalue weighted by Gasteiger charge is 2.07. The summed E-state index contributed by atoms with van der Waals surface area (Å²) in [6.45, 7) is 9.73. The van der Waals surface area contributed by atoms with Crippen LogP contribution < -0.4 is 5.32 Å². The molecule has 0 aliphatic carbocycles. The van der Waals surface area contributed by atoms with Crippen molar-refractivity contribution in [2.45, 2.75) is 52.6 Å². The second-order valence-corrected chi connectivity index (χ2v) is 4.61. The van der Waals surface area contributed by atoms with Gasteiger partial charge in [-0.05, 0) is 32.6 Å². The van der Waals surface area contributed by atoms with Crippen LogP contribution in [0.25, 0.3) is 0 Å². The monoisotopic (exact) mass is 212 g/mol. The van der Waals surface area contributed by atoms with Gasteiger partial charge in [0.05, 0.1) is 12.7 Å². The first kappa shape index (κ1) is 14.4. The molecule has 0 saturated carbocycles.